The van der Waals surface area contributed by atoms with Gasteiger partial charge in [-0.1, -0.05) is 18.2 Å². The second-order valence-electron chi connectivity index (χ2n) is 8.25. The van der Waals surface area contributed by atoms with Crippen LogP contribution in [0.1, 0.15) is 37.3 Å². The van der Waals surface area contributed by atoms with Crippen molar-refractivity contribution in [3.05, 3.63) is 42.0 Å². The van der Waals surface area contributed by atoms with Crippen molar-refractivity contribution in [3.63, 3.8) is 0 Å². The predicted octanol–water partition coefficient (Wildman–Crippen LogP) is 2.90. The Morgan fingerprint density at radius 2 is 1.66 bits per heavy atom. The number of ether oxygens (including phenoxy) is 1. The van der Waals surface area contributed by atoms with Crippen molar-refractivity contribution in [1.82, 2.24) is 9.80 Å². The number of carboxylic acids is 1. The van der Waals surface area contributed by atoms with Crippen LogP contribution in [-0.2, 0) is 4.79 Å². The standard InChI is InChI=1S/C23H30N2O4/c1-29-21-5-4-16-14-18(3-2-17(16)15-21)22(23(27)28)25-10-6-19(7-11-25)24-12-8-20(26)9-13-24/h2-5,14-15,19-20,22,26H,6-13H2,1H3,(H,27,28). The number of methoxy groups -OCH3 is 1. The van der Waals surface area contributed by atoms with Crippen LogP contribution in [0.3, 0.4) is 0 Å². The number of piperidine rings is 2. The summed E-state index contributed by atoms with van der Waals surface area (Å²) in [7, 11) is 1.64. The summed E-state index contributed by atoms with van der Waals surface area (Å²) in [6, 6.07) is 11.6. The summed E-state index contributed by atoms with van der Waals surface area (Å²) in [4.78, 5) is 16.7. The first kappa shape index (κ1) is 20.1. The number of hydrogen-bond acceptors (Lipinski definition) is 5. The van der Waals surface area contributed by atoms with Crippen molar-refractivity contribution in [2.24, 2.45) is 0 Å². The summed E-state index contributed by atoms with van der Waals surface area (Å²) in [5.74, 6) is 0.00439. The summed E-state index contributed by atoms with van der Waals surface area (Å²) >= 11 is 0. The SMILES string of the molecule is COc1ccc2cc(C(C(=O)O)N3CCC(N4CCC(O)CC4)CC3)ccc2c1. The van der Waals surface area contributed by atoms with Gasteiger partial charge in [-0.25, -0.2) is 0 Å². The molecule has 0 radical (unpaired) electrons. The van der Waals surface area contributed by atoms with Crippen molar-refractivity contribution in [2.45, 2.75) is 43.9 Å². The van der Waals surface area contributed by atoms with Crippen LogP contribution in [0.25, 0.3) is 10.8 Å². The molecule has 0 aliphatic carbocycles. The quantitative estimate of drug-likeness (QED) is 0.807. The lowest BCUT2D eigenvalue weighted by atomic mass is 9.95. The van der Waals surface area contributed by atoms with Gasteiger partial charge in [-0.2, -0.15) is 0 Å². The first-order valence-corrected chi connectivity index (χ1v) is 10.5. The zero-order chi connectivity index (χ0) is 20.4. The lowest BCUT2D eigenvalue weighted by molar-refractivity contribution is -0.144. The molecular weight excluding hydrogens is 368 g/mol. The molecule has 2 aliphatic heterocycles. The number of likely N-dealkylation sites (tertiary alicyclic amines) is 2. The number of aliphatic hydroxyl groups is 1. The lowest BCUT2D eigenvalue weighted by Crippen LogP contribution is -2.49. The van der Waals surface area contributed by atoms with E-state index >= 15 is 0 Å². The number of aliphatic hydroxyl groups excluding tert-OH is 1. The van der Waals surface area contributed by atoms with Gasteiger partial charge < -0.3 is 19.8 Å². The van der Waals surface area contributed by atoms with Crippen LogP contribution < -0.4 is 4.74 Å². The highest BCUT2D eigenvalue weighted by molar-refractivity contribution is 5.86. The van der Waals surface area contributed by atoms with Crippen molar-refractivity contribution in [2.75, 3.05) is 33.3 Å². The highest BCUT2D eigenvalue weighted by atomic mass is 16.5. The Labute approximate surface area is 171 Å². The number of fused-ring (bicyclic) bond motifs is 1. The summed E-state index contributed by atoms with van der Waals surface area (Å²) in [6.07, 6.45) is 3.49. The summed E-state index contributed by atoms with van der Waals surface area (Å²) in [6.45, 7) is 3.45. The van der Waals surface area contributed by atoms with Gasteiger partial charge in [0, 0.05) is 32.2 Å². The van der Waals surface area contributed by atoms with Crippen molar-refractivity contribution in [1.29, 1.82) is 0 Å². The van der Waals surface area contributed by atoms with E-state index in [0.29, 0.717) is 6.04 Å². The Morgan fingerprint density at radius 1 is 1.00 bits per heavy atom. The Hall–Kier alpha value is -2.15. The molecule has 2 saturated heterocycles. The van der Waals surface area contributed by atoms with E-state index in [9.17, 15) is 15.0 Å². The number of nitrogens with zero attached hydrogens (tertiary/aromatic N) is 2. The van der Waals surface area contributed by atoms with E-state index in [1.807, 2.05) is 36.4 Å². The average molecular weight is 399 g/mol. The van der Waals surface area contributed by atoms with E-state index in [2.05, 4.69) is 9.80 Å². The first-order valence-electron chi connectivity index (χ1n) is 10.5. The molecule has 29 heavy (non-hydrogen) atoms. The summed E-state index contributed by atoms with van der Waals surface area (Å²) in [5, 5.41) is 21.8. The van der Waals surface area contributed by atoms with E-state index in [4.69, 9.17) is 4.74 Å². The Kier molecular flexibility index (Phi) is 6.04. The van der Waals surface area contributed by atoms with Crippen LogP contribution in [0.5, 0.6) is 5.75 Å². The normalized spacial score (nSPS) is 21.3. The molecule has 0 saturated carbocycles. The second kappa shape index (κ2) is 8.69. The number of hydrogen-bond donors (Lipinski definition) is 2. The van der Waals surface area contributed by atoms with Gasteiger partial charge in [0.05, 0.1) is 13.2 Å². The van der Waals surface area contributed by atoms with Crippen LogP contribution in [0.4, 0.5) is 0 Å². The summed E-state index contributed by atoms with van der Waals surface area (Å²) < 4.78 is 5.28. The number of carboxylic acid groups (broad SMARTS) is 1. The predicted molar refractivity (Wildman–Crippen MR) is 112 cm³/mol. The fourth-order valence-corrected chi connectivity index (χ4v) is 4.81. The molecule has 6 heteroatoms. The molecule has 156 valence electrons. The molecule has 6 nitrogen and oxygen atoms in total. The highest BCUT2D eigenvalue weighted by Gasteiger charge is 2.33. The van der Waals surface area contributed by atoms with Gasteiger partial charge in [-0.15, -0.1) is 0 Å². The topological polar surface area (TPSA) is 73.2 Å². The van der Waals surface area contributed by atoms with Gasteiger partial charge in [-0.3, -0.25) is 9.69 Å². The number of rotatable bonds is 5. The van der Waals surface area contributed by atoms with Crippen LogP contribution in [0.2, 0.25) is 0 Å². The highest BCUT2D eigenvalue weighted by Crippen LogP contribution is 2.30. The summed E-state index contributed by atoms with van der Waals surface area (Å²) in [5.41, 5.74) is 0.828. The monoisotopic (exact) mass is 398 g/mol. The molecular formula is C23H30N2O4. The smallest absolute Gasteiger partial charge is 0.325 e. The zero-order valence-electron chi connectivity index (χ0n) is 17.0. The second-order valence-corrected chi connectivity index (χ2v) is 8.25. The molecule has 0 amide bonds. The minimum Gasteiger partial charge on any atom is -0.497 e. The van der Waals surface area contributed by atoms with Crippen molar-refractivity contribution < 1.29 is 19.7 Å². The van der Waals surface area contributed by atoms with E-state index in [1.54, 1.807) is 7.11 Å². The van der Waals surface area contributed by atoms with Gasteiger partial charge in [0.2, 0.25) is 0 Å². The lowest BCUT2D eigenvalue weighted by Gasteiger charge is -2.42. The average Bonchev–Trinajstić information content (AvgIpc) is 2.74. The Balaban J connectivity index is 1.47. The first-order chi connectivity index (χ1) is 14.0. The third-order valence-corrected chi connectivity index (χ3v) is 6.50. The van der Waals surface area contributed by atoms with Crippen molar-refractivity contribution >= 4 is 16.7 Å². The number of carbonyl (C=O) groups is 1. The number of aliphatic carboxylic acids is 1. The maximum Gasteiger partial charge on any atom is 0.325 e. The third-order valence-electron chi connectivity index (χ3n) is 6.50. The molecule has 0 spiro atoms. The van der Waals surface area contributed by atoms with E-state index < -0.39 is 12.0 Å². The van der Waals surface area contributed by atoms with Gasteiger partial charge in [0.25, 0.3) is 0 Å². The fraction of sp³-hybridized carbons (Fsp3) is 0.522. The maximum absolute atomic E-state index is 12.2. The van der Waals surface area contributed by atoms with Crippen molar-refractivity contribution in [3.8, 4) is 5.75 Å². The minimum absolute atomic E-state index is 0.157. The minimum atomic E-state index is -0.794. The maximum atomic E-state index is 12.2. The molecule has 2 fully saturated rings. The Bertz CT molecular complexity index is 855. The molecule has 0 aromatic heterocycles. The van der Waals surface area contributed by atoms with Gasteiger partial charge in [0.15, 0.2) is 0 Å². The molecule has 0 bridgehead atoms. The van der Waals surface area contributed by atoms with Crippen LogP contribution in [0, 0.1) is 0 Å². The molecule has 2 aromatic carbocycles. The fourth-order valence-electron chi connectivity index (χ4n) is 4.81. The van der Waals surface area contributed by atoms with E-state index in [-0.39, 0.29) is 6.10 Å². The zero-order valence-corrected chi connectivity index (χ0v) is 17.0. The molecule has 2 aliphatic rings. The van der Waals surface area contributed by atoms with Crippen LogP contribution >= 0.6 is 0 Å². The molecule has 4 rings (SSSR count). The third kappa shape index (κ3) is 4.39. The largest absolute Gasteiger partial charge is 0.497 e. The molecule has 2 N–H and O–H groups in total. The number of benzene rings is 2. The van der Waals surface area contributed by atoms with Gasteiger partial charge >= 0.3 is 5.97 Å². The molecule has 2 heterocycles. The Morgan fingerprint density at radius 3 is 2.31 bits per heavy atom. The van der Waals surface area contributed by atoms with E-state index in [1.165, 1.54) is 0 Å². The van der Waals surface area contributed by atoms with E-state index in [0.717, 1.165) is 73.9 Å². The van der Waals surface area contributed by atoms with Crippen LogP contribution in [0.15, 0.2) is 36.4 Å². The van der Waals surface area contributed by atoms with Crippen LogP contribution in [-0.4, -0.2) is 71.4 Å². The molecule has 1 unspecified atom stereocenters. The molecule has 1 atom stereocenters. The van der Waals surface area contributed by atoms with Gasteiger partial charge in [-0.05, 0) is 60.2 Å². The molecule has 2 aromatic rings. The van der Waals surface area contributed by atoms with Gasteiger partial charge in [0.1, 0.15) is 11.8 Å².